The number of hydrogen-bond donors (Lipinski definition) is 2. The molecule has 2 rings (SSSR count). The van der Waals surface area contributed by atoms with Crippen molar-refractivity contribution in [1.82, 2.24) is 0 Å². The van der Waals surface area contributed by atoms with Crippen molar-refractivity contribution < 1.29 is 19.5 Å². The van der Waals surface area contributed by atoms with E-state index in [1.54, 1.807) is 24.3 Å². The summed E-state index contributed by atoms with van der Waals surface area (Å²) < 4.78 is 0. The number of hydroxylamine groups is 1. The van der Waals surface area contributed by atoms with Crippen molar-refractivity contribution in [2.24, 2.45) is 0 Å². The van der Waals surface area contributed by atoms with Crippen LogP contribution < -0.4 is 20.5 Å². The van der Waals surface area contributed by atoms with Crippen LogP contribution in [0.25, 0.3) is 0 Å². The Balaban J connectivity index is 2.45. The zero-order valence-corrected chi connectivity index (χ0v) is 15.1. The van der Waals surface area contributed by atoms with Gasteiger partial charge in [-0.2, -0.15) is 0 Å². The number of amides is 1. The average Bonchev–Trinajstić information content (AvgIpc) is 2.62. The molecule has 0 aromatic heterocycles. The first kappa shape index (κ1) is 19.1. The van der Waals surface area contributed by atoms with Gasteiger partial charge in [-0.05, 0) is 38.1 Å². The summed E-state index contributed by atoms with van der Waals surface area (Å²) in [4.78, 5) is 31.4. The molecule has 0 bridgehead atoms. The monoisotopic (exact) mass is 357 g/mol. The van der Waals surface area contributed by atoms with Crippen molar-refractivity contribution in [2.75, 3.05) is 28.8 Å². The normalized spacial score (nSPS) is 10.3. The quantitative estimate of drug-likeness (QED) is 0.584. The summed E-state index contributed by atoms with van der Waals surface area (Å²) in [7, 11) is 0. The maximum absolute atomic E-state index is 12.1. The third-order valence-corrected chi connectivity index (χ3v) is 3.95. The molecule has 2 aromatic rings. The van der Waals surface area contributed by atoms with Gasteiger partial charge in [0.15, 0.2) is 5.75 Å². The SMILES string of the molecule is CCN(CC)c1ccc(N)c(ON(C(C)=O)c2ccccc2C(=O)O)c1. The van der Waals surface area contributed by atoms with Gasteiger partial charge in [0, 0.05) is 31.8 Å². The van der Waals surface area contributed by atoms with Crippen LogP contribution in [0.15, 0.2) is 42.5 Å². The predicted molar refractivity (Wildman–Crippen MR) is 102 cm³/mol. The lowest BCUT2D eigenvalue weighted by molar-refractivity contribution is -0.120. The van der Waals surface area contributed by atoms with E-state index >= 15 is 0 Å². The minimum absolute atomic E-state index is 0.0406. The van der Waals surface area contributed by atoms with E-state index in [4.69, 9.17) is 10.6 Å². The largest absolute Gasteiger partial charge is 0.478 e. The van der Waals surface area contributed by atoms with Crippen molar-refractivity contribution in [3.05, 3.63) is 48.0 Å². The molecule has 0 saturated heterocycles. The minimum atomic E-state index is -1.15. The van der Waals surface area contributed by atoms with Crippen molar-refractivity contribution in [3.63, 3.8) is 0 Å². The summed E-state index contributed by atoms with van der Waals surface area (Å²) >= 11 is 0. The van der Waals surface area contributed by atoms with Gasteiger partial charge in [-0.3, -0.25) is 4.79 Å². The molecule has 0 radical (unpaired) electrons. The third-order valence-electron chi connectivity index (χ3n) is 3.95. The fourth-order valence-corrected chi connectivity index (χ4v) is 2.60. The van der Waals surface area contributed by atoms with Gasteiger partial charge in [0.25, 0.3) is 5.91 Å². The van der Waals surface area contributed by atoms with Gasteiger partial charge >= 0.3 is 5.97 Å². The maximum Gasteiger partial charge on any atom is 0.337 e. The molecule has 1 amide bonds. The predicted octanol–water partition coefficient (Wildman–Crippen LogP) is 3.16. The molecule has 0 aliphatic heterocycles. The number of aromatic carboxylic acids is 1. The molecule has 7 heteroatoms. The number of anilines is 3. The number of carboxylic acid groups (broad SMARTS) is 1. The van der Waals surface area contributed by atoms with Crippen LogP contribution in [0.2, 0.25) is 0 Å². The highest BCUT2D eigenvalue weighted by Crippen LogP contribution is 2.31. The van der Waals surface area contributed by atoms with Gasteiger partial charge in [0.05, 0.1) is 16.9 Å². The Labute approximate surface area is 152 Å². The summed E-state index contributed by atoms with van der Waals surface area (Å²) in [5.74, 6) is -1.34. The Kier molecular flexibility index (Phi) is 6.06. The third kappa shape index (κ3) is 4.05. The number of carbonyl (C=O) groups excluding carboxylic acids is 1. The van der Waals surface area contributed by atoms with E-state index in [1.165, 1.54) is 19.1 Å². The Hall–Kier alpha value is -3.22. The molecule has 138 valence electrons. The Morgan fingerprint density at radius 1 is 1.12 bits per heavy atom. The van der Waals surface area contributed by atoms with Crippen molar-refractivity contribution in [2.45, 2.75) is 20.8 Å². The van der Waals surface area contributed by atoms with Gasteiger partial charge < -0.3 is 20.6 Å². The summed E-state index contributed by atoms with van der Waals surface area (Å²) in [6.45, 7) is 6.97. The number of benzene rings is 2. The molecule has 7 nitrogen and oxygen atoms in total. The van der Waals surface area contributed by atoms with Gasteiger partial charge in [0.1, 0.15) is 0 Å². The molecule has 0 aliphatic rings. The number of carbonyl (C=O) groups is 2. The summed E-state index contributed by atoms with van der Waals surface area (Å²) in [6, 6.07) is 11.4. The summed E-state index contributed by atoms with van der Waals surface area (Å²) in [5, 5.41) is 10.3. The van der Waals surface area contributed by atoms with Crippen LogP contribution in [0.3, 0.4) is 0 Å². The molecular weight excluding hydrogens is 334 g/mol. The van der Waals surface area contributed by atoms with Crippen molar-refractivity contribution in [1.29, 1.82) is 0 Å². The first-order valence-electron chi connectivity index (χ1n) is 8.34. The van der Waals surface area contributed by atoms with E-state index < -0.39 is 11.9 Å². The number of nitrogen functional groups attached to an aromatic ring is 1. The lowest BCUT2D eigenvalue weighted by Crippen LogP contribution is -2.34. The van der Waals surface area contributed by atoms with Gasteiger partial charge in [-0.15, -0.1) is 5.06 Å². The van der Waals surface area contributed by atoms with Gasteiger partial charge in [0.2, 0.25) is 0 Å². The zero-order chi connectivity index (χ0) is 19.3. The van der Waals surface area contributed by atoms with Crippen LogP contribution in [-0.2, 0) is 4.79 Å². The number of nitrogens with two attached hydrogens (primary N) is 1. The van der Waals surface area contributed by atoms with E-state index in [0.717, 1.165) is 23.8 Å². The van der Waals surface area contributed by atoms with E-state index in [9.17, 15) is 14.7 Å². The number of hydrogen-bond acceptors (Lipinski definition) is 5. The number of carboxylic acids is 1. The molecule has 2 aromatic carbocycles. The lowest BCUT2D eigenvalue weighted by Gasteiger charge is -2.25. The van der Waals surface area contributed by atoms with Crippen LogP contribution in [0.4, 0.5) is 17.1 Å². The van der Waals surface area contributed by atoms with Crippen LogP contribution >= 0.6 is 0 Å². The lowest BCUT2D eigenvalue weighted by atomic mass is 10.2. The minimum Gasteiger partial charge on any atom is -0.478 e. The smallest absolute Gasteiger partial charge is 0.337 e. The highest BCUT2D eigenvalue weighted by molar-refractivity contribution is 6.00. The fourth-order valence-electron chi connectivity index (χ4n) is 2.60. The molecule has 0 spiro atoms. The number of para-hydroxylation sites is 1. The van der Waals surface area contributed by atoms with Crippen molar-refractivity contribution >= 4 is 28.9 Å². The van der Waals surface area contributed by atoms with E-state index in [0.29, 0.717) is 5.69 Å². The molecular formula is C19H23N3O4. The molecule has 0 aliphatic carbocycles. The Bertz CT molecular complexity index is 803. The Morgan fingerprint density at radius 3 is 2.35 bits per heavy atom. The van der Waals surface area contributed by atoms with Gasteiger partial charge in [-0.1, -0.05) is 12.1 Å². The molecule has 0 unspecified atom stereocenters. The van der Waals surface area contributed by atoms with E-state index in [-0.39, 0.29) is 17.0 Å². The van der Waals surface area contributed by atoms with Crippen molar-refractivity contribution in [3.8, 4) is 5.75 Å². The highest BCUT2D eigenvalue weighted by atomic mass is 16.7. The molecule has 0 heterocycles. The van der Waals surface area contributed by atoms with E-state index in [2.05, 4.69) is 4.90 Å². The van der Waals surface area contributed by atoms with Gasteiger partial charge in [-0.25, -0.2) is 4.79 Å². The second-order valence-corrected chi connectivity index (χ2v) is 5.62. The molecule has 0 fully saturated rings. The molecule has 26 heavy (non-hydrogen) atoms. The average molecular weight is 357 g/mol. The van der Waals surface area contributed by atoms with Crippen LogP contribution in [0, 0.1) is 0 Å². The molecule has 0 atom stereocenters. The summed E-state index contributed by atoms with van der Waals surface area (Å²) in [6.07, 6.45) is 0. The second-order valence-electron chi connectivity index (χ2n) is 5.62. The van der Waals surface area contributed by atoms with E-state index in [1.807, 2.05) is 19.9 Å². The van der Waals surface area contributed by atoms with Crippen LogP contribution in [-0.4, -0.2) is 30.1 Å². The number of nitrogens with zero attached hydrogens (tertiary/aromatic N) is 2. The Morgan fingerprint density at radius 2 is 1.77 bits per heavy atom. The molecule has 3 N–H and O–H groups in total. The highest BCUT2D eigenvalue weighted by Gasteiger charge is 2.22. The summed E-state index contributed by atoms with van der Waals surface area (Å²) in [5.41, 5.74) is 7.34. The van der Waals surface area contributed by atoms with Crippen LogP contribution in [0.1, 0.15) is 31.1 Å². The first-order valence-corrected chi connectivity index (χ1v) is 8.34. The standard InChI is InChI=1S/C19H23N3O4/c1-4-21(5-2)14-10-11-16(20)18(12-14)26-22(13(3)23)17-9-7-6-8-15(17)19(24)25/h6-12H,4-5,20H2,1-3H3,(H,24,25). The van der Waals surface area contributed by atoms with Crippen LogP contribution in [0.5, 0.6) is 5.75 Å². The maximum atomic E-state index is 12.1. The fraction of sp³-hybridized carbons (Fsp3) is 0.263. The first-order chi connectivity index (χ1) is 12.4. The number of rotatable bonds is 7. The molecule has 0 saturated carbocycles. The second kappa shape index (κ2) is 8.24. The topological polar surface area (TPSA) is 96.1 Å². The zero-order valence-electron chi connectivity index (χ0n) is 15.1.